The molecule has 0 saturated carbocycles. The van der Waals surface area contributed by atoms with Crippen LogP contribution in [0, 0.1) is 0 Å². The standard InChI is InChI=1S/C32H27BrN2O4S2/c1-4-17-39-25-16-11-20(18-24(25)33)19-26-30(36)35-29(22-12-14-23(40-3)15-13-22)27(31(37)38-5-2)28(34-32(35)41-26)21-9-7-6-8-10-21/h4,6-16,18-19,29H,1,5,17H2,2-3H3/b26-19-/t29-/m0/s1. The Morgan fingerprint density at radius 3 is 2.56 bits per heavy atom. The number of nitrogens with zero attached hydrogens (tertiary/aromatic N) is 2. The van der Waals surface area contributed by atoms with Crippen molar-refractivity contribution in [2.24, 2.45) is 4.99 Å². The number of thioether (sulfide) groups is 1. The van der Waals surface area contributed by atoms with Crippen LogP contribution in [-0.4, -0.2) is 30.0 Å². The number of thiazole rings is 1. The monoisotopic (exact) mass is 646 g/mol. The Balaban J connectivity index is 1.74. The molecule has 0 aliphatic carbocycles. The molecule has 0 N–H and O–H groups in total. The molecule has 0 saturated heterocycles. The van der Waals surface area contributed by atoms with Crippen molar-refractivity contribution in [3.05, 3.63) is 132 Å². The lowest BCUT2D eigenvalue weighted by Crippen LogP contribution is -2.40. The summed E-state index contributed by atoms with van der Waals surface area (Å²) in [5.74, 6) is 0.186. The van der Waals surface area contributed by atoms with Crippen molar-refractivity contribution in [3.63, 3.8) is 0 Å². The molecule has 0 radical (unpaired) electrons. The van der Waals surface area contributed by atoms with Crippen LogP contribution < -0.4 is 19.6 Å². The molecule has 1 aliphatic rings. The van der Waals surface area contributed by atoms with Gasteiger partial charge >= 0.3 is 5.97 Å². The van der Waals surface area contributed by atoms with Crippen LogP contribution in [0.15, 0.2) is 110 Å². The molecule has 0 fully saturated rings. The number of rotatable bonds is 9. The number of aromatic nitrogens is 1. The molecule has 0 unspecified atom stereocenters. The van der Waals surface area contributed by atoms with E-state index in [1.807, 2.05) is 85.1 Å². The van der Waals surface area contributed by atoms with Crippen LogP contribution in [-0.2, 0) is 9.53 Å². The molecule has 1 aromatic heterocycles. The molecule has 1 aliphatic heterocycles. The van der Waals surface area contributed by atoms with Crippen LogP contribution in [0.5, 0.6) is 5.75 Å². The first kappa shape index (κ1) is 28.9. The molecular formula is C32H27BrN2O4S2. The van der Waals surface area contributed by atoms with Crippen molar-refractivity contribution in [2.75, 3.05) is 19.5 Å². The normalized spacial score (nSPS) is 14.8. The first-order valence-corrected chi connectivity index (χ1v) is 15.7. The summed E-state index contributed by atoms with van der Waals surface area (Å²) in [6.45, 7) is 6.04. The van der Waals surface area contributed by atoms with Gasteiger partial charge in [0.15, 0.2) is 4.80 Å². The van der Waals surface area contributed by atoms with E-state index in [0.29, 0.717) is 33.0 Å². The lowest BCUT2D eigenvalue weighted by atomic mass is 9.93. The van der Waals surface area contributed by atoms with Gasteiger partial charge in [-0.1, -0.05) is 72.5 Å². The number of fused-ring (bicyclic) bond motifs is 1. The second-order valence-corrected chi connectivity index (χ2v) is 11.7. The SMILES string of the molecule is C=CCOc1ccc(/C=c2\sc3n(c2=O)[C@@H](c2ccc(SC)cc2)C(C(=O)OCC)=C(c2ccccc2)N=3)cc1Br. The van der Waals surface area contributed by atoms with E-state index < -0.39 is 12.0 Å². The van der Waals surface area contributed by atoms with Gasteiger partial charge in [0.25, 0.3) is 5.56 Å². The van der Waals surface area contributed by atoms with Crippen LogP contribution in [0.25, 0.3) is 11.8 Å². The minimum absolute atomic E-state index is 0.203. The van der Waals surface area contributed by atoms with Crippen molar-refractivity contribution in [3.8, 4) is 5.75 Å². The van der Waals surface area contributed by atoms with Gasteiger partial charge in [-0.3, -0.25) is 9.36 Å². The molecule has 0 bridgehead atoms. The van der Waals surface area contributed by atoms with Crippen molar-refractivity contribution in [2.45, 2.75) is 17.9 Å². The molecule has 41 heavy (non-hydrogen) atoms. The lowest BCUT2D eigenvalue weighted by Gasteiger charge is -2.26. The van der Waals surface area contributed by atoms with Crippen molar-refractivity contribution < 1.29 is 14.3 Å². The molecule has 208 valence electrons. The Morgan fingerprint density at radius 2 is 1.90 bits per heavy atom. The molecule has 1 atom stereocenters. The van der Waals surface area contributed by atoms with Gasteiger partial charge in [0, 0.05) is 10.5 Å². The molecular weight excluding hydrogens is 620 g/mol. The Hall–Kier alpha value is -3.66. The highest BCUT2D eigenvalue weighted by Gasteiger charge is 2.35. The number of carbonyl (C=O) groups is 1. The molecule has 0 spiro atoms. The molecule has 9 heteroatoms. The fourth-order valence-corrected chi connectivity index (χ4v) is 6.49. The molecule has 0 amide bonds. The van der Waals surface area contributed by atoms with E-state index in [1.165, 1.54) is 11.3 Å². The minimum Gasteiger partial charge on any atom is -0.488 e. The van der Waals surface area contributed by atoms with Gasteiger partial charge in [0.2, 0.25) is 0 Å². The zero-order valence-electron chi connectivity index (χ0n) is 22.5. The number of hydrogen-bond donors (Lipinski definition) is 0. The Labute approximate surface area is 254 Å². The van der Waals surface area contributed by atoms with Gasteiger partial charge in [-0.2, -0.15) is 0 Å². The fourth-order valence-electron chi connectivity index (χ4n) is 4.57. The van der Waals surface area contributed by atoms with Crippen molar-refractivity contribution in [1.29, 1.82) is 0 Å². The summed E-state index contributed by atoms with van der Waals surface area (Å²) in [6, 6.07) is 22.4. The second-order valence-electron chi connectivity index (χ2n) is 8.99. The Morgan fingerprint density at radius 1 is 1.15 bits per heavy atom. The smallest absolute Gasteiger partial charge is 0.338 e. The summed E-state index contributed by atoms with van der Waals surface area (Å²) >= 11 is 6.47. The van der Waals surface area contributed by atoms with E-state index in [4.69, 9.17) is 14.5 Å². The molecule has 4 aromatic rings. The van der Waals surface area contributed by atoms with E-state index in [-0.39, 0.29) is 12.2 Å². The summed E-state index contributed by atoms with van der Waals surface area (Å²) in [5, 5.41) is 0. The maximum atomic E-state index is 14.0. The molecule has 5 rings (SSSR count). The first-order chi connectivity index (χ1) is 19.9. The third-order valence-electron chi connectivity index (χ3n) is 6.42. The number of carbonyl (C=O) groups excluding carboxylic acids is 1. The van der Waals surface area contributed by atoms with E-state index in [1.54, 1.807) is 29.3 Å². The predicted octanol–water partition coefficient (Wildman–Crippen LogP) is 5.98. The second kappa shape index (κ2) is 12.9. The van der Waals surface area contributed by atoms with Crippen LogP contribution in [0.4, 0.5) is 0 Å². The lowest BCUT2D eigenvalue weighted by molar-refractivity contribution is -0.138. The van der Waals surface area contributed by atoms with E-state index in [2.05, 4.69) is 22.5 Å². The molecule has 3 aromatic carbocycles. The van der Waals surface area contributed by atoms with Gasteiger partial charge in [0.05, 0.1) is 32.9 Å². The Bertz CT molecular complexity index is 1810. The summed E-state index contributed by atoms with van der Waals surface area (Å²) in [7, 11) is 0. The minimum atomic E-state index is -0.708. The zero-order valence-corrected chi connectivity index (χ0v) is 25.7. The van der Waals surface area contributed by atoms with Crippen LogP contribution in [0.1, 0.15) is 29.7 Å². The van der Waals surface area contributed by atoms with Gasteiger partial charge < -0.3 is 9.47 Å². The Kier molecular flexibility index (Phi) is 9.07. The summed E-state index contributed by atoms with van der Waals surface area (Å²) in [5.41, 5.74) is 3.00. The zero-order chi connectivity index (χ0) is 28.9. The average molecular weight is 648 g/mol. The maximum Gasteiger partial charge on any atom is 0.338 e. The maximum absolute atomic E-state index is 14.0. The topological polar surface area (TPSA) is 69.9 Å². The highest BCUT2D eigenvalue weighted by Crippen LogP contribution is 2.35. The van der Waals surface area contributed by atoms with Crippen LogP contribution in [0.3, 0.4) is 0 Å². The molecule has 6 nitrogen and oxygen atoms in total. The largest absolute Gasteiger partial charge is 0.488 e. The quantitative estimate of drug-likeness (QED) is 0.127. The highest BCUT2D eigenvalue weighted by molar-refractivity contribution is 9.10. The average Bonchev–Trinajstić information content (AvgIpc) is 3.30. The number of ether oxygens (including phenoxy) is 2. The van der Waals surface area contributed by atoms with Crippen LogP contribution >= 0.6 is 39.0 Å². The number of hydrogen-bond acceptors (Lipinski definition) is 7. The predicted molar refractivity (Wildman–Crippen MR) is 169 cm³/mol. The number of benzene rings is 3. The van der Waals surface area contributed by atoms with Gasteiger partial charge in [-0.25, -0.2) is 9.79 Å². The third-order valence-corrected chi connectivity index (χ3v) is 8.76. The first-order valence-electron chi connectivity index (χ1n) is 12.9. The summed E-state index contributed by atoms with van der Waals surface area (Å²) in [4.78, 5) is 34.1. The summed E-state index contributed by atoms with van der Waals surface area (Å²) < 4.78 is 14.1. The van der Waals surface area contributed by atoms with E-state index in [9.17, 15) is 9.59 Å². The van der Waals surface area contributed by atoms with E-state index in [0.717, 1.165) is 26.1 Å². The fraction of sp³-hybridized carbons (Fsp3) is 0.156. The van der Waals surface area contributed by atoms with Gasteiger partial charge in [0.1, 0.15) is 12.4 Å². The molecule has 2 heterocycles. The van der Waals surface area contributed by atoms with Gasteiger partial charge in [-0.05, 0) is 70.6 Å². The van der Waals surface area contributed by atoms with Crippen molar-refractivity contribution >= 4 is 56.8 Å². The van der Waals surface area contributed by atoms with E-state index >= 15 is 0 Å². The van der Waals surface area contributed by atoms with Gasteiger partial charge in [-0.15, -0.1) is 11.8 Å². The number of halogens is 1. The summed E-state index contributed by atoms with van der Waals surface area (Å²) in [6.07, 6.45) is 5.52. The van der Waals surface area contributed by atoms with Crippen molar-refractivity contribution in [1.82, 2.24) is 4.57 Å². The number of esters is 1. The third kappa shape index (κ3) is 6.02. The highest BCUT2D eigenvalue weighted by atomic mass is 79.9. The van der Waals surface area contributed by atoms with Crippen LogP contribution in [0.2, 0.25) is 0 Å².